The number of halogens is 1. The molecule has 0 atom stereocenters. The maximum Gasteiger partial charge on any atom is 0.222 e. The molecule has 0 saturated heterocycles. The fourth-order valence-corrected chi connectivity index (χ4v) is 3.36. The summed E-state index contributed by atoms with van der Waals surface area (Å²) < 4.78 is 3.03. The summed E-state index contributed by atoms with van der Waals surface area (Å²) in [4.78, 5) is 7.45. The lowest BCUT2D eigenvalue weighted by Crippen LogP contribution is -1.92. The van der Waals surface area contributed by atoms with Crippen LogP contribution in [0.3, 0.4) is 0 Å². The van der Waals surface area contributed by atoms with Crippen LogP contribution in [0.2, 0.25) is 0 Å². The van der Waals surface area contributed by atoms with Gasteiger partial charge in [-0.05, 0) is 48.6 Å². The zero-order valence-electron chi connectivity index (χ0n) is 12.4. The number of benzene rings is 2. The molecule has 2 N–H and O–H groups in total. The molecule has 0 unspecified atom stereocenters. The largest absolute Gasteiger partial charge is 0.493 e. The topological polar surface area (TPSA) is 53.3 Å². The van der Waals surface area contributed by atoms with Crippen LogP contribution in [0.15, 0.2) is 58.0 Å². The summed E-state index contributed by atoms with van der Waals surface area (Å²) in [6.45, 7) is 0. The molecule has 4 nitrogen and oxygen atoms in total. The predicted octanol–water partition coefficient (Wildman–Crippen LogP) is 5.26. The molecule has 2 heterocycles. The Balaban J connectivity index is 1.83. The quantitative estimate of drug-likeness (QED) is 0.579. The van der Waals surface area contributed by atoms with E-state index < -0.39 is 0 Å². The van der Waals surface area contributed by atoms with Crippen LogP contribution in [0.25, 0.3) is 17.3 Å². The van der Waals surface area contributed by atoms with Crippen molar-refractivity contribution in [1.82, 2.24) is 9.55 Å². The number of aromatic hydroxyl groups is 1. The second-order valence-corrected chi connectivity index (χ2v) is 6.66. The third-order valence-corrected chi connectivity index (χ3v) is 4.60. The zero-order valence-corrected chi connectivity index (χ0v) is 14.8. The highest BCUT2D eigenvalue weighted by molar-refractivity contribution is 9.10. The number of aliphatic imine (C=N–C) groups is 1. The summed E-state index contributed by atoms with van der Waals surface area (Å²) in [5.41, 5.74) is 4.20. The minimum atomic E-state index is 0.0792. The number of H-pyrrole nitrogens is 1. The molecule has 0 spiro atoms. The highest BCUT2D eigenvalue weighted by Crippen LogP contribution is 2.35. The number of hydrogen-bond acceptors (Lipinski definition) is 3. The Morgan fingerprint density at radius 1 is 1.17 bits per heavy atom. The first kappa shape index (κ1) is 15.1. The third-order valence-electron chi connectivity index (χ3n) is 3.82. The van der Waals surface area contributed by atoms with Gasteiger partial charge >= 0.3 is 0 Å². The van der Waals surface area contributed by atoms with Gasteiger partial charge < -0.3 is 10.1 Å². The van der Waals surface area contributed by atoms with Crippen LogP contribution in [-0.2, 0) is 0 Å². The zero-order chi connectivity index (χ0) is 16.7. The van der Waals surface area contributed by atoms with Crippen molar-refractivity contribution in [1.29, 1.82) is 0 Å². The molecule has 0 radical (unpaired) electrons. The molecular weight excluding hydrogens is 386 g/mol. The number of nitrogens with zero attached hydrogens (tertiary/aromatic N) is 2. The molecule has 4 rings (SSSR count). The number of rotatable bonds is 2. The number of hydrogen-bond donors (Lipinski definition) is 2. The van der Waals surface area contributed by atoms with Gasteiger partial charge in [0.05, 0.1) is 11.4 Å². The summed E-state index contributed by atoms with van der Waals surface area (Å²) in [6, 6.07) is 15.4. The van der Waals surface area contributed by atoms with Gasteiger partial charge in [-0.25, -0.2) is 0 Å². The Labute approximate surface area is 151 Å². The van der Waals surface area contributed by atoms with Gasteiger partial charge in [0.25, 0.3) is 0 Å². The van der Waals surface area contributed by atoms with Gasteiger partial charge in [-0.2, -0.15) is 0 Å². The fraction of sp³-hybridized carbons (Fsp3) is 0. The van der Waals surface area contributed by atoms with Gasteiger partial charge in [-0.3, -0.25) is 9.56 Å². The first-order valence-corrected chi connectivity index (χ1v) is 8.49. The molecular formula is C18H12BrN3OS. The Hall–Kier alpha value is -2.44. The standard InChI is InChI=1S/C18H12BrN3OS/c19-12-6-7-15-14(9-12)11(10-20-15)8-16-17(23)22(18(24)21-16)13-4-2-1-3-5-13/h1-10,23H,(H,21,24)/b11-8+. The second kappa shape index (κ2) is 5.89. The van der Waals surface area contributed by atoms with E-state index in [2.05, 4.69) is 25.9 Å². The summed E-state index contributed by atoms with van der Waals surface area (Å²) in [5.74, 6) is 0.0792. The van der Waals surface area contributed by atoms with Gasteiger partial charge in [0.15, 0.2) is 4.77 Å². The van der Waals surface area contributed by atoms with Crippen LogP contribution in [-0.4, -0.2) is 20.9 Å². The Morgan fingerprint density at radius 3 is 2.75 bits per heavy atom. The smallest absolute Gasteiger partial charge is 0.222 e. The van der Waals surface area contributed by atoms with E-state index in [0.717, 1.165) is 27.0 Å². The molecule has 0 bridgehead atoms. The molecule has 118 valence electrons. The van der Waals surface area contributed by atoms with Crippen molar-refractivity contribution in [3.63, 3.8) is 0 Å². The van der Waals surface area contributed by atoms with Crippen LogP contribution in [0.1, 0.15) is 11.3 Å². The average Bonchev–Trinajstić information content (AvgIpc) is 3.09. The van der Waals surface area contributed by atoms with Gasteiger partial charge in [-0.1, -0.05) is 34.1 Å². The molecule has 0 aliphatic carbocycles. The molecule has 6 heteroatoms. The van der Waals surface area contributed by atoms with Gasteiger partial charge in [0, 0.05) is 21.8 Å². The van der Waals surface area contributed by atoms with Crippen LogP contribution in [0, 0.1) is 4.77 Å². The molecule has 1 aromatic heterocycles. The van der Waals surface area contributed by atoms with E-state index in [0.29, 0.717) is 10.5 Å². The predicted molar refractivity (Wildman–Crippen MR) is 103 cm³/mol. The number of allylic oxidation sites excluding steroid dienone is 1. The number of aromatic amines is 1. The van der Waals surface area contributed by atoms with E-state index in [1.807, 2.05) is 54.6 Å². The van der Waals surface area contributed by atoms with Crippen LogP contribution < -0.4 is 0 Å². The highest BCUT2D eigenvalue weighted by atomic mass is 79.9. The van der Waals surface area contributed by atoms with Crippen molar-refractivity contribution >= 4 is 51.7 Å². The Morgan fingerprint density at radius 2 is 1.96 bits per heavy atom. The molecule has 1 aliphatic heterocycles. The summed E-state index contributed by atoms with van der Waals surface area (Å²) in [6.07, 6.45) is 3.64. The molecule has 0 fully saturated rings. The molecule has 0 amide bonds. The lowest BCUT2D eigenvalue weighted by Gasteiger charge is -2.04. The minimum absolute atomic E-state index is 0.0792. The normalized spacial score (nSPS) is 14.3. The molecule has 2 aromatic carbocycles. The maximum absolute atomic E-state index is 10.6. The van der Waals surface area contributed by atoms with Gasteiger partial charge in [-0.15, -0.1) is 0 Å². The van der Waals surface area contributed by atoms with Crippen LogP contribution in [0.4, 0.5) is 5.69 Å². The SMILES string of the molecule is Oc1c(/C=C2\C=Nc3ccc(Br)cc32)[nH]c(=S)n1-c1ccccc1. The van der Waals surface area contributed by atoms with Crippen LogP contribution in [0.5, 0.6) is 5.88 Å². The van der Waals surface area contributed by atoms with E-state index >= 15 is 0 Å². The van der Waals surface area contributed by atoms with Crippen molar-refractivity contribution in [3.05, 3.63) is 69.0 Å². The summed E-state index contributed by atoms with van der Waals surface area (Å²) in [7, 11) is 0. The van der Waals surface area contributed by atoms with Crippen molar-refractivity contribution < 1.29 is 5.11 Å². The minimum Gasteiger partial charge on any atom is -0.493 e. The van der Waals surface area contributed by atoms with E-state index in [9.17, 15) is 5.11 Å². The summed E-state index contributed by atoms with van der Waals surface area (Å²) in [5, 5.41) is 10.6. The molecule has 0 saturated carbocycles. The monoisotopic (exact) mass is 397 g/mol. The molecule has 1 aliphatic rings. The van der Waals surface area contributed by atoms with Crippen molar-refractivity contribution in [3.8, 4) is 11.6 Å². The van der Waals surface area contributed by atoms with E-state index in [1.54, 1.807) is 10.8 Å². The average molecular weight is 398 g/mol. The first-order chi connectivity index (χ1) is 11.6. The van der Waals surface area contributed by atoms with Crippen molar-refractivity contribution in [2.24, 2.45) is 4.99 Å². The van der Waals surface area contributed by atoms with Crippen LogP contribution >= 0.6 is 28.1 Å². The van der Waals surface area contributed by atoms with Crippen molar-refractivity contribution in [2.45, 2.75) is 0 Å². The number of aromatic nitrogens is 2. The number of para-hydroxylation sites is 1. The lowest BCUT2D eigenvalue weighted by molar-refractivity contribution is 0.441. The molecule has 3 aromatic rings. The lowest BCUT2D eigenvalue weighted by atomic mass is 10.1. The fourth-order valence-electron chi connectivity index (χ4n) is 2.69. The van der Waals surface area contributed by atoms with E-state index in [1.165, 1.54) is 0 Å². The van der Waals surface area contributed by atoms with Crippen molar-refractivity contribution in [2.75, 3.05) is 0 Å². The van der Waals surface area contributed by atoms with E-state index in [4.69, 9.17) is 12.2 Å². The van der Waals surface area contributed by atoms with Gasteiger partial charge in [0.1, 0.15) is 5.69 Å². The number of nitrogens with one attached hydrogen (secondary N) is 1. The highest BCUT2D eigenvalue weighted by Gasteiger charge is 2.16. The Kier molecular flexibility index (Phi) is 3.70. The van der Waals surface area contributed by atoms with E-state index in [-0.39, 0.29) is 5.88 Å². The number of fused-ring (bicyclic) bond motifs is 1. The number of imidazole rings is 1. The first-order valence-electron chi connectivity index (χ1n) is 7.28. The second-order valence-electron chi connectivity index (χ2n) is 5.36. The molecule has 24 heavy (non-hydrogen) atoms. The van der Waals surface area contributed by atoms with Gasteiger partial charge in [0.2, 0.25) is 5.88 Å². The third kappa shape index (κ3) is 2.53. The maximum atomic E-state index is 10.6. The Bertz CT molecular complexity index is 1050. The summed E-state index contributed by atoms with van der Waals surface area (Å²) >= 11 is 8.84.